The molecule has 0 aliphatic carbocycles. The Kier molecular flexibility index (Phi) is 3.25. The van der Waals surface area contributed by atoms with Crippen molar-refractivity contribution >= 4 is 23.3 Å². The maximum Gasteiger partial charge on any atom is 0.330 e. The summed E-state index contributed by atoms with van der Waals surface area (Å²) in [4.78, 5) is 15.7. The summed E-state index contributed by atoms with van der Waals surface area (Å²) in [6.07, 6.45) is 1.53. The summed E-state index contributed by atoms with van der Waals surface area (Å²) in [5.74, 6) is -0.260. The molecule has 0 bridgehead atoms. The van der Waals surface area contributed by atoms with Gasteiger partial charge in [0.25, 0.3) is 0 Å². The first kappa shape index (κ1) is 11.1. The van der Waals surface area contributed by atoms with E-state index in [2.05, 4.69) is 9.73 Å². The molecule has 1 aliphatic rings. The van der Waals surface area contributed by atoms with E-state index in [0.717, 1.165) is 24.1 Å². The molecule has 84 valence electrons. The molecule has 4 heteroatoms. The molecule has 1 aromatic rings. The fourth-order valence-electron chi connectivity index (χ4n) is 1.76. The summed E-state index contributed by atoms with van der Waals surface area (Å²) in [6, 6.07) is 7.15. The minimum Gasteiger partial charge on any atom is -0.467 e. The number of hydrogen-bond acceptors (Lipinski definition) is 3. The fourth-order valence-corrected chi connectivity index (χ4v) is 1.88. The summed E-state index contributed by atoms with van der Waals surface area (Å²) in [5.41, 5.74) is 1.97. The van der Waals surface area contributed by atoms with E-state index < -0.39 is 0 Å². The van der Waals surface area contributed by atoms with Crippen LogP contribution >= 0.6 is 11.6 Å². The zero-order chi connectivity index (χ0) is 11.5. The van der Waals surface area contributed by atoms with Crippen LogP contribution in [0, 0.1) is 0 Å². The Hall–Kier alpha value is -1.35. The van der Waals surface area contributed by atoms with Gasteiger partial charge in [0.15, 0.2) is 0 Å². The van der Waals surface area contributed by atoms with Crippen molar-refractivity contribution < 1.29 is 9.53 Å². The fraction of sp³-hybridized carbons (Fsp3) is 0.333. The number of nitrogens with zero attached hydrogens (tertiary/aromatic N) is 1. The highest BCUT2D eigenvalue weighted by molar-refractivity contribution is 6.30. The minimum atomic E-state index is -0.337. The van der Waals surface area contributed by atoms with E-state index in [4.69, 9.17) is 11.6 Å². The standard InChI is InChI=1S/C12H12ClNO2/c1-16-12(15)11-7-6-10(14-11)8-2-4-9(13)5-3-8/h2-5,11H,6-7H2,1H3/t11-/m1/s1. The van der Waals surface area contributed by atoms with Gasteiger partial charge in [0.1, 0.15) is 6.04 Å². The third-order valence-electron chi connectivity index (χ3n) is 2.62. The number of aliphatic imine (C=N–C) groups is 1. The molecule has 0 saturated carbocycles. The normalized spacial score (nSPS) is 19.4. The van der Waals surface area contributed by atoms with Crippen LogP contribution in [0.1, 0.15) is 18.4 Å². The molecule has 0 amide bonds. The van der Waals surface area contributed by atoms with Gasteiger partial charge in [-0.25, -0.2) is 4.79 Å². The number of ether oxygens (including phenoxy) is 1. The van der Waals surface area contributed by atoms with Crippen LogP contribution in [0.25, 0.3) is 0 Å². The molecule has 2 rings (SSSR count). The molecular weight excluding hydrogens is 226 g/mol. The van der Waals surface area contributed by atoms with E-state index >= 15 is 0 Å². The lowest BCUT2D eigenvalue weighted by atomic mass is 10.1. The van der Waals surface area contributed by atoms with Crippen LogP contribution in [0.15, 0.2) is 29.3 Å². The summed E-state index contributed by atoms with van der Waals surface area (Å²) in [6.45, 7) is 0. The number of carbonyl (C=O) groups excluding carboxylic acids is 1. The number of carbonyl (C=O) groups is 1. The van der Waals surface area contributed by atoms with Gasteiger partial charge in [0.2, 0.25) is 0 Å². The average Bonchev–Trinajstić information content (AvgIpc) is 2.78. The van der Waals surface area contributed by atoms with Gasteiger partial charge < -0.3 is 4.74 Å². The van der Waals surface area contributed by atoms with Gasteiger partial charge in [-0.15, -0.1) is 0 Å². The van der Waals surface area contributed by atoms with E-state index in [0.29, 0.717) is 5.02 Å². The van der Waals surface area contributed by atoms with Crippen molar-refractivity contribution in [3.63, 3.8) is 0 Å². The number of halogens is 1. The van der Waals surface area contributed by atoms with Crippen molar-refractivity contribution in [2.24, 2.45) is 4.99 Å². The second kappa shape index (κ2) is 4.66. The van der Waals surface area contributed by atoms with Gasteiger partial charge in [0, 0.05) is 10.7 Å². The monoisotopic (exact) mass is 237 g/mol. The molecule has 0 aromatic heterocycles. The minimum absolute atomic E-state index is 0.260. The molecule has 0 fully saturated rings. The quantitative estimate of drug-likeness (QED) is 0.742. The van der Waals surface area contributed by atoms with Gasteiger partial charge in [-0.2, -0.15) is 0 Å². The number of benzene rings is 1. The molecule has 1 heterocycles. The lowest BCUT2D eigenvalue weighted by molar-refractivity contribution is -0.141. The smallest absolute Gasteiger partial charge is 0.330 e. The van der Waals surface area contributed by atoms with E-state index in [-0.39, 0.29) is 12.0 Å². The van der Waals surface area contributed by atoms with Crippen molar-refractivity contribution in [2.45, 2.75) is 18.9 Å². The van der Waals surface area contributed by atoms with Crippen molar-refractivity contribution in [3.8, 4) is 0 Å². The Balaban J connectivity index is 2.17. The molecule has 0 N–H and O–H groups in total. The van der Waals surface area contributed by atoms with Crippen LogP contribution in [-0.4, -0.2) is 24.8 Å². The largest absolute Gasteiger partial charge is 0.467 e. The summed E-state index contributed by atoms with van der Waals surface area (Å²) in [5, 5.41) is 0.701. The van der Waals surface area contributed by atoms with Crippen LogP contribution in [-0.2, 0) is 9.53 Å². The number of esters is 1. The van der Waals surface area contributed by atoms with E-state index in [1.165, 1.54) is 7.11 Å². The van der Waals surface area contributed by atoms with Crippen LogP contribution < -0.4 is 0 Å². The lowest BCUT2D eigenvalue weighted by Gasteiger charge is -2.01. The Bertz CT molecular complexity index is 425. The summed E-state index contributed by atoms with van der Waals surface area (Å²) >= 11 is 5.81. The van der Waals surface area contributed by atoms with Crippen LogP contribution in [0.5, 0.6) is 0 Å². The molecule has 0 radical (unpaired) electrons. The molecule has 16 heavy (non-hydrogen) atoms. The van der Waals surface area contributed by atoms with E-state index in [1.54, 1.807) is 0 Å². The van der Waals surface area contributed by atoms with Crippen molar-refractivity contribution in [1.29, 1.82) is 0 Å². The molecular formula is C12H12ClNO2. The topological polar surface area (TPSA) is 38.7 Å². The maximum atomic E-state index is 11.3. The first-order valence-corrected chi connectivity index (χ1v) is 5.49. The Morgan fingerprint density at radius 1 is 1.44 bits per heavy atom. The highest BCUT2D eigenvalue weighted by Gasteiger charge is 2.25. The van der Waals surface area contributed by atoms with Crippen LogP contribution in [0.2, 0.25) is 5.02 Å². The zero-order valence-electron chi connectivity index (χ0n) is 8.94. The number of rotatable bonds is 2. The predicted molar refractivity (Wildman–Crippen MR) is 63.0 cm³/mol. The molecule has 1 atom stereocenters. The Morgan fingerprint density at radius 3 is 2.75 bits per heavy atom. The van der Waals surface area contributed by atoms with E-state index in [1.807, 2.05) is 24.3 Å². The van der Waals surface area contributed by atoms with Crippen LogP contribution in [0.4, 0.5) is 0 Å². The molecule has 1 aliphatic heterocycles. The van der Waals surface area contributed by atoms with E-state index in [9.17, 15) is 4.79 Å². The third-order valence-corrected chi connectivity index (χ3v) is 2.87. The second-order valence-corrected chi connectivity index (χ2v) is 4.10. The highest BCUT2D eigenvalue weighted by atomic mass is 35.5. The Labute approximate surface area is 99.1 Å². The van der Waals surface area contributed by atoms with Crippen molar-refractivity contribution in [2.75, 3.05) is 7.11 Å². The first-order valence-electron chi connectivity index (χ1n) is 5.11. The SMILES string of the molecule is COC(=O)[C@H]1CCC(c2ccc(Cl)cc2)=N1. The maximum absolute atomic E-state index is 11.3. The molecule has 0 unspecified atom stereocenters. The third kappa shape index (κ3) is 2.25. The van der Waals surface area contributed by atoms with Crippen molar-refractivity contribution in [1.82, 2.24) is 0 Å². The van der Waals surface area contributed by atoms with Crippen LogP contribution in [0.3, 0.4) is 0 Å². The van der Waals surface area contributed by atoms with Gasteiger partial charge in [-0.3, -0.25) is 4.99 Å². The number of methoxy groups -OCH3 is 1. The molecule has 1 aromatic carbocycles. The summed E-state index contributed by atoms with van der Waals surface area (Å²) < 4.78 is 4.67. The predicted octanol–water partition coefficient (Wildman–Crippen LogP) is 2.46. The zero-order valence-corrected chi connectivity index (χ0v) is 9.70. The van der Waals surface area contributed by atoms with Gasteiger partial charge in [0.05, 0.1) is 7.11 Å². The molecule has 0 spiro atoms. The van der Waals surface area contributed by atoms with Gasteiger partial charge in [-0.1, -0.05) is 23.7 Å². The Morgan fingerprint density at radius 2 is 2.12 bits per heavy atom. The highest BCUT2D eigenvalue weighted by Crippen LogP contribution is 2.20. The van der Waals surface area contributed by atoms with Gasteiger partial charge in [-0.05, 0) is 30.5 Å². The second-order valence-electron chi connectivity index (χ2n) is 3.66. The average molecular weight is 238 g/mol. The molecule has 3 nitrogen and oxygen atoms in total. The first-order chi connectivity index (χ1) is 7.70. The lowest BCUT2D eigenvalue weighted by Crippen LogP contribution is -2.16. The van der Waals surface area contributed by atoms with Crippen molar-refractivity contribution in [3.05, 3.63) is 34.9 Å². The number of hydrogen-bond donors (Lipinski definition) is 0. The summed E-state index contributed by atoms with van der Waals surface area (Å²) in [7, 11) is 1.39. The molecule has 0 saturated heterocycles. The van der Waals surface area contributed by atoms with Gasteiger partial charge >= 0.3 is 5.97 Å².